The van der Waals surface area contributed by atoms with Crippen LogP contribution in [0.4, 0.5) is 0 Å². The molecular formula is C12H17ClOS. The molecule has 2 rings (SSSR count). The topological polar surface area (TPSA) is 20.2 Å². The second kappa shape index (κ2) is 4.08. The molecule has 1 aromatic rings. The zero-order valence-electron chi connectivity index (χ0n) is 9.16. The molecule has 15 heavy (non-hydrogen) atoms. The maximum absolute atomic E-state index is 9.97. The lowest BCUT2D eigenvalue weighted by Crippen LogP contribution is -2.50. The van der Waals surface area contributed by atoms with Gasteiger partial charge in [-0.05, 0) is 42.2 Å². The summed E-state index contributed by atoms with van der Waals surface area (Å²) in [6, 6.07) is 2.06. The Bertz CT molecular complexity index is 343. The second-order valence-corrected chi connectivity index (χ2v) is 5.97. The van der Waals surface area contributed by atoms with E-state index in [1.807, 2.05) is 0 Å². The van der Waals surface area contributed by atoms with Gasteiger partial charge in [-0.1, -0.05) is 25.4 Å². The van der Waals surface area contributed by atoms with Crippen LogP contribution < -0.4 is 0 Å². The number of aliphatic hydroxyl groups excluding tert-OH is 1. The third kappa shape index (κ3) is 1.63. The molecule has 1 heterocycles. The molecule has 1 aromatic heterocycles. The molecule has 0 aromatic carbocycles. The Hall–Kier alpha value is -0.0500. The fraction of sp³-hybridized carbons (Fsp3) is 0.667. The molecule has 0 saturated heterocycles. The highest BCUT2D eigenvalue weighted by Crippen LogP contribution is 2.57. The van der Waals surface area contributed by atoms with Gasteiger partial charge in [0.2, 0.25) is 0 Å². The van der Waals surface area contributed by atoms with Crippen molar-refractivity contribution in [1.82, 2.24) is 0 Å². The average Bonchev–Trinajstić information content (AvgIpc) is 2.63. The van der Waals surface area contributed by atoms with Gasteiger partial charge < -0.3 is 5.11 Å². The zero-order valence-corrected chi connectivity index (χ0v) is 10.7. The van der Waals surface area contributed by atoms with Gasteiger partial charge in [0.15, 0.2) is 0 Å². The first-order valence-electron chi connectivity index (χ1n) is 5.56. The van der Waals surface area contributed by atoms with E-state index in [1.165, 1.54) is 5.56 Å². The van der Waals surface area contributed by atoms with Crippen molar-refractivity contribution in [3.05, 3.63) is 21.3 Å². The Morgan fingerprint density at radius 3 is 2.60 bits per heavy atom. The Balaban J connectivity index is 2.25. The van der Waals surface area contributed by atoms with Crippen LogP contribution in [0.2, 0.25) is 4.34 Å². The van der Waals surface area contributed by atoms with Crippen LogP contribution in [0.1, 0.15) is 44.6 Å². The summed E-state index contributed by atoms with van der Waals surface area (Å²) < 4.78 is 0.854. The molecule has 2 unspecified atom stereocenters. The SMILES string of the molecule is CCC1(CC)C(O)CC1c1csc(Cl)c1. The first-order valence-corrected chi connectivity index (χ1v) is 6.81. The molecule has 1 N–H and O–H groups in total. The van der Waals surface area contributed by atoms with Crippen molar-refractivity contribution in [3.63, 3.8) is 0 Å². The van der Waals surface area contributed by atoms with Gasteiger partial charge in [0.1, 0.15) is 0 Å². The van der Waals surface area contributed by atoms with E-state index in [0.717, 1.165) is 23.6 Å². The maximum atomic E-state index is 9.97. The van der Waals surface area contributed by atoms with Gasteiger partial charge in [-0.2, -0.15) is 0 Å². The van der Waals surface area contributed by atoms with E-state index >= 15 is 0 Å². The van der Waals surface area contributed by atoms with Crippen LogP contribution in [0.5, 0.6) is 0 Å². The van der Waals surface area contributed by atoms with Crippen molar-refractivity contribution in [3.8, 4) is 0 Å². The maximum Gasteiger partial charge on any atom is 0.0931 e. The first kappa shape index (κ1) is 11.4. The van der Waals surface area contributed by atoms with Crippen molar-refractivity contribution in [2.75, 3.05) is 0 Å². The Morgan fingerprint density at radius 1 is 1.53 bits per heavy atom. The summed E-state index contributed by atoms with van der Waals surface area (Å²) >= 11 is 7.55. The minimum Gasteiger partial charge on any atom is -0.393 e. The molecule has 84 valence electrons. The van der Waals surface area contributed by atoms with E-state index in [2.05, 4.69) is 25.3 Å². The summed E-state index contributed by atoms with van der Waals surface area (Å²) in [5.41, 5.74) is 1.42. The van der Waals surface area contributed by atoms with Crippen molar-refractivity contribution in [2.45, 2.75) is 45.1 Å². The molecule has 1 saturated carbocycles. The molecule has 1 nitrogen and oxygen atoms in total. The lowest BCUT2D eigenvalue weighted by molar-refractivity contribution is -0.0930. The molecular weight excluding hydrogens is 228 g/mol. The Kier molecular flexibility index (Phi) is 3.11. The largest absolute Gasteiger partial charge is 0.393 e. The Labute approximate surface area is 100 Å². The first-order chi connectivity index (χ1) is 7.14. The third-order valence-electron chi connectivity index (χ3n) is 4.12. The van der Waals surface area contributed by atoms with Crippen LogP contribution in [-0.2, 0) is 0 Å². The molecule has 0 amide bonds. The van der Waals surface area contributed by atoms with Gasteiger partial charge >= 0.3 is 0 Å². The van der Waals surface area contributed by atoms with Gasteiger partial charge in [-0.15, -0.1) is 11.3 Å². The molecule has 0 bridgehead atoms. The standard InChI is InChI=1S/C12H17ClOS/c1-3-12(4-2)9(6-10(12)14)8-5-11(13)15-7-8/h5,7,9-10,14H,3-4,6H2,1-2H3. The highest BCUT2D eigenvalue weighted by Gasteiger charge is 2.52. The van der Waals surface area contributed by atoms with E-state index in [9.17, 15) is 5.11 Å². The third-order valence-corrected chi connectivity index (χ3v) is 5.23. The van der Waals surface area contributed by atoms with E-state index in [4.69, 9.17) is 11.6 Å². The summed E-state index contributed by atoms with van der Waals surface area (Å²) in [7, 11) is 0. The van der Waals surface area contributed by atoms with Crippen molar-refractivity contribution in [1.29, 1.82) is 0 Å². The quantitative estimate of drug-likeness (QED) is 0.850. The second-order valence-electron chi connectivity index (χ2n) is 4.43. The average molecular weight is 245 g/mol. The molecule has 2 atom stereocenters. The predicted octanol–water partition coefficient (Wildman–Crippen LogP) is 4.06. The highest BCUT2D eigenvalue weighted by atomic mass is 35.5. The van der Waals surface area contributed by atoms with Crippen LogP contribution >= 0.6 is 22.9 Å². The van der Waals surface area contributed by atoms with Gasteiger partial charge in [-0.25, -0.2) is 0 Å². The minimum absolute atomic E-state index is 0.102. The lowest BCUT2D eigenvalue weighted by atomic mass is 9.53. The van der Waals surface area contributed by atoms with Crippen LogP contribution in [-0.4, -0.2) is 11.2 Å². The molecule has 0 radical (unpaired) electrons. The van der Waals surface area contributed by atoms with E-state index in [-0.39, 0.29) is 11.5 Å². The summed E-state index contributed by atoms with van der Waals surface area (Å²) in [4.78, 5) is 0. The summed E-state index contributed by atoms with van der Waals surface area (Å²) in [6.45, 7) is 4.35. The summed E-state index contributed by atoms with van der Waals surface area (Å²) in [5, 5.41) is 12.1. The van der Waals surface area contributed by atoms with Crippen molar-refractivity contribution >= 4 is 22.9 Å². The smallest absolute Gasteiger partial charge is 0.0931 e. The predicted molar refractivity (Wildman–Crippen MR) is 65.7 cm³/mol. The molecule has 0 spiro atoms. The van der Waals surface area contributed by atoms with E-state index in [0.29, 0.717) is 5.92 Å². The fourth-order valence-corrected chi connectivity index (χ4v) is 3.90. The van der Waals surface area contributed by atoms with Crippen LogP contribution in [0.15, 0.2) is 11.4 Å². The minimum atomic E-state index is -0.129. The summed E-state index contributed by atoms with van der Waals surface area (Å²) in [6.07, 6.45) is 2.86. The van der Waals surface area contributed by atoms with Crippen LogP contribution in [0.3, 0.4) is 0 Å². The van der Waals surface area contributed by atoms with Crippen molar-refractivity contribution in [2.24, 2.45) is 5.41 Å². The molecule has 0 aliphatic heterocycles. The van der Waals surface area contributed by atoms with Crippen molar-refractivity contribution < 1.29 is 5.11 Å². The van der Waals surface area contributed by atoms with Gasteiger partial charge in [0.05, 0.1) is 10.4 Å². The normalized spacial score (nSPS) is 28.8. The van der Waals surface area contributed by atoms with Crippen LogP contribution in [0.25, 0.3) is 0 Å². The molecule has 3 heteroatoms. The molecule has 1 fully saturated rings. The zero-order chi connectivity index (χ0) is 11.1. The van der Waals surface area contributed by atoms with Gasteiger partial charge in [0.25, 0.3) is 0 Å². The van der Waals surface area contributed by atoms with Crippen LogP contribution in [0, 0.1) is 5.41 Å². The summed E-state index contributed by atoms with van der Waals surface area (Å²) in [5.74, 6) is 0.506. The molecule has 1 aliphatic carbocycles. The number of hydrogen-bond donors (Lipinski definition) is 1. The van der Waals surface area contributed by atoms with E-state index in [1.54, 1.807) is 11.3 Å². The number of aliphatic hydroxyl groups is 1. The highest BCUT2D eigenvalue weighted by molar-refractivity contribution is 7.14. The number of thiophene rings is 1. The van der Waals surface area contributed by atoms with E-state index < -0.39 is 0 Å². The fourth-order valence-electron chi connectivity index (χ4n) is 2.95. The number of halogens is 1. The Morgan fingerprint density at radius 2 is 2.20 bits per heavy atom. The van der Waals surface area contributed by atoms with Gasteiger partial charge in [-0.3, -0.25) is 0 Å². The monoisotopic (exact) mass is 244 g/mol. The molecule has 1 aliphatic rings. The van der Waals surface area contributed by atoms with Gasteiger partial charge in [0, 0.05) is 5.41 Å². The number of rotatable bonds is 3. The lowest BCUT2D eigenvalue weighted by Gasteiger charge is -2.53. The number of hydrogen-bond acceptors (Lipinski definition) is 2.